The van der Waals surface area contributed by atoms with Crippen LogP contribution in [0.4, 0.5) is 0 Å². The van der Waals surface area contributed by atoms with Crippen molar-refractivity contribution in [3.8, 4) is 0 Å². The quantitative estimate of drug-likeness (QED) is 0.585. The number of hydrogen-bond acceptors (Lipinski definition) is 2. The Labute approximate surface area is 81.6 Å². The maximum Gasteiger partial charge on any atom is 0.161 e. The Bertz CT molecular complexity index is 185. The Kier molecular flexibility index (Phi) is 5.63. The van der Waals surface area contributed by atoms with Crippen LogP contribution < -0.4 is 0 Å². The van der Waals surface area contributed by atoms with Crippen LogP contribution in [-0.4, -0.2) is 31.3 Å². The van der Waals surface area contributed by atoms with Crippen LogP contribution in [0.5, 0.6) is 0 Å². The molecule has 2 heteroatoms. The molecule has 0 aromatic heterocycles. The Hall–Kier alpha value is -0.630. The van der Waals surface area contributed by atoms with Crippen LogP contribution in [0.3, 0.4) is 0 Å². The zero-order chi connectivity index (χ0) is 10.4. The van der Waals surface area contributed by atoms with Crippen LogP contribution in [0.1, 0.15) is 20.3 Å². The number of hydrogen-bond donors (Lipinski definition) is 0. The molecular formula is C11H20NO. The van der Waals surface area contributed by atoms with Crippen LogP contribution in [0.2, 0.25) is 0 Å². The lowest BCUT2D eigenvalue weighted by Crippen LogP contribution is -2.17. The van der Waals surface area contributed by atoms with E-state index < -0.39 is 0 Å². The van der Waals surface area contributed by atoms with E-state index in [2.05, 4.69) is 17.9 Å². The molecule has 0 saturated heterocycles. The maximum atomic E-state index is 11.4. The van der Waals surface area contributed by atoms with Gasteiger partial charge in [-0.15, -0.1) is 0 Å². The fourth-order valence-corrected chi connectivity index (χ4v) is 1.08. The van der Waals surface area contributed by atoms with E-state index in [1.165, 1.54) is 0 Å². The zero-order valence-electron chi connectivity index (χ0n) is 9.13. The molecule has 0 aromatic carbocycles. The molecular weight excluding hydrogens is 162 g/mol. The summed E-state index contributed by atoms with van der Waals surface area (Å²) in [5.74, 6) is 0.163. The second-order valence-electron chi connectivity index (χ2n) is 3.76. The van der Waals surface area contributed by atoms with Crippen LogP contribution in [0, 0.1) is 12.3 Å². The van der Waals surface area contributed by atoms with Crippen molar-refractivity contribution in [2.75, 3.05) is 20.6 Å². The third-order valence-corrected chi connectivity index (χ3v) is 1.93. The van der Waals surface area contributed by atoms with Gasteiger partial charge in [0.05, 0.1) is 0 Å². The SMILES string of the molecule is C=C(C)C(=O)C(C)[CH]CCN(C)C. The van der Waals surface area contributed by atoms with Crippen molar-refractivity contribution >= 4 is 5.78 Å². The van der Waals surface area contributed by atoms with Gasteiger partial charge in [-0.25, -0.2) is 0 Å². The first kappa shape index (κ1) is 12.4. The largest absolute Gasteiger partial charge is 0.309 e. The highest BCUT2D eigenvalue weighted by Crippen LogP contribution is 2.10. The van der Waals surface area contributed by atoms with Crippen LogP contribution >= 0.6 is 0 Å². The lowest BCUT2D eigenvalue weighted by atomic mass is 9.96. The number of rotatable bonds is 6. The predicted octanol–water partition coefficient (Wildman–Crippen LogP) is 1.92. The highest BCUT2D eigenvalue weighted by atomic mass is 16.1. The van der Waals surface area contributed by atoms with Crippen LogP contribution in [0.25, 0.3) is 0 Å². The molecule has 0 fully saturated rings. The van der Waals surface area contributed by atoms with E-state index in [0.29, 0.717) is 5.57 Å². The van der Waals surface area contributed by atoms with Crippen molar-refractivity contribution < 1.29 is 4.79 Å². The standard InChI is InChI=1S/C11H20NO/c1-9(2)11(13)10(3)7-6-8-12(4)5/h7,10H,1,6,8H2,2-5H3. The molecule has 0 amide bonds. The lowest BCUT2D eigenvalue weighted by Gasteiger charge is -2.12. The summed E-state index contributed by atoms with van der Waals surface area (Å²) in [7, 11) is 4.05. The van der Waals surface area contributed by atoms with Crippen molar-refractivity contribution in [1.82, 2.24) is 4.90 Å². The van der Waals surface area contributed by atoms with Crippen molar-refractivity contribution in [2.24, 2.45) is 5.92 Å². The molecule has 75 valence electrons. The van der Waals surface area contributed by atoms with E-state index in [1.807, 2.05) is 21.0 Å². The zero-order valence-corrected chi connectivity index (χ0v) is 9.13. The molecule has 0 aliphatic rings. The summed E-state index contributed by atoms with van der Waals surface area (Å²) in [6.07, 6.45) is 3.00. The minimum Gasteiger partial charge on any atom is -0.309 e. The predicted molar refractivity (Wildman–Crippen MR) is 56.5 cm³/mol. The van der Waals surface area contributed by atoms with E-state index in [9.17, 15) is 4.79 Å². The van der Waals surface area contributed by atoms with Gasteiger partial charge in [0.15, 0.2) is 5.78 Å². The summed E-state index contributed by atoms with van der Waals surface area (Å²) in [5.41, 5.74) is 0.647. The van der Waals surface area contributed by atoms with Gasteiger partial charge in [0.1, 0.15) is 0 Å². The molecule has 0 N–H and O–H groups in total. The highest BCUT2D eigenvalue weighted by Gasteiger charge is 2.12. The topological polar surface area (TPSA) is 20.3 Å². The first-order valence-corrected chi connectivity index (χ1v) is 4.63. The fourth-order valence-electron chi connectivity index (χ4n) is 1.08. The first-order valence-electron chi connectivity index (χ1n) is 4.63. The van der Waals surface area contributed by atoms with Crippen molar-refractivity contribution in [3.05, 3.63) is 18.6 Å². The Morgan fingerprint density at radius 3 is 2.46 bits per heavy atom. The van der Waals surface area contributed by atoms with Gasteiger partial charge in [0.25, 0.3) is 0 Å². The number of carbonyl (C=O) groups is 1. The lowest BCUT2D eigenvalue weighted by molar-refractivity contribution is -0.117. The van der Waals surface area contributed by atoms with Crippen molar-refractivity contribution in [2.45, 2.75) is 20.3 Å². The Balaban J connectivity index is 3.68. The molecule has 1 atom stereocenters. The number of Topliss-reactive ketones (excluding diaryl/α,β-unsaturated/α-hetero) is 1. The van der Waals surface area contributed by atoms with Gasteiger partial charge in [-0.3, -0.25) is 4.79 Å². The van der Waals surface area contributed by atoms with Gasteiger partial charge < -0.3 is 4.90 Å². The highest BCUT2D eigenvalue weighted by molar-refractivity contribution is 5.96. The van der Waals surface area contributed by atoms with E-state index in [-0.39, 0.29) is 11.7 Å². The molecule has 2 nitrogen and oxygen atoms in total. The molecule has 0 bridgehead atoms. The average Bonchev–Trinajstić information content (AvgIpc) is 2.02. The minimum absolute atomic E-state index is 0.0115. The third kappa shape index (κ3) is 5.58. The number of nitrogens with zero attached hydrogens (tertiary/aromatic N) is 1. The van der Waals surface area contributed by atoms with Gasteiger partial charge >= 0.3 is 0 Å². The summed E-state index contributed by atoms with van der Waals surface area (Å²) >= 11 is 0. The second-order valence-corrected chi connectivity index (χ2v) is 3.76. The molecule has 0 spiro atoms. The van der Waals surface area contributed by atoms with Gasteiger partial charge in [-0.1, -0.05) is 13.5 Å². The molecule has 0 rings (SSSR count). The molecule has 1 radical (unpaired) electrons. The second kappa shape index (κ2) is 5.92. The third-order valence-electron chi connectivity index (χ3n) is 1.93. The summed E-state index contributed by atoms with van der Waals surface area (Å²) in [5, 5.41) is 0. The molecule has 0 aliphatic heterocycles. The Morgan fingerprint density at radius 1 is 1.54 bits per heavy atom. The fraction of sp³-hybridized carbons (Fsp3) is 0.636. The number of allylic oxidation sites excluding steroid dienone is 1. The van der Waals surface area contributed by atoms with Crippen LogP contribution in [0.15, 0.2) is 12.2 Å². The number of ketones is 1. The summed E-state index contributed by atoms with van der Waals surface area (Å²) in [4.78, 5) is 13.5. The summed E-state index contributed by atoms with van der Waals surface area (Å²) in [6.45, 7) is 8.32. The monoisotopic (exact) mass is 182 g/mol. The normalized spacial score (nSPS) is 13.0. The van der Waals surface area contributed by atoms with Gasteiger partial charge in [0, 0.05) is 5.92 Å². The molecule has 1 unspecified atom stereocenters. The van der Waals surface area contributed by atoms with Crippen molar-refractivity contribution in [3.63, 3.8) is 0 Å². The molecule has 0 aliphatic carbocycles. The van der Waals surface area contributed by atoms with E-state index in [4.69, 9.17) is 0 Å². The molecule has 13 heavy (non-hydrogen) atoms. The number of carbonyl (C=O) groups excluding carboxylic acids is 1. The summed E-state index contributed by atoms with van der Waals surface area (Å²) in [6, 6.07) is 0. The van der Waals surface area contributed by atoms with E-state index in [1.54, 1.807) is 6.92 Å². The molecule has 0 heterocycles. The van der Waals surface area contributed by atoms with Crippen LogP contribution in [-0.2, 0) is 4.79 Å². The Morgan fingerprint density at radius 2 is 2.08 bits per heavy atom. The smallest absolute Gasteiger partial charge is 0.161 e. The first-order chi connectivity index (χ1) is 5.95. The molecule has 0 aromatic rings. The minimum atomic E-state index is 0.0115. The van der Waals surface area contributed by atoms with Crippen molar-refractivity contribution in [1.29, 1.82) is 0 Å². The van der Waals surface area contributed by atoms with Gasteiger partial charge in [0.2, 0.25) is 0 Å². The average molecular weight is 182 g/mol. The maximum absolute atomic E-state index is 11.4. The van der Waals surface area contributed by atoms with E-state index >= 15 is 0 Å². The summed E-state index contributed by atoms with van der Waals surface area (Å²) < 4.78 is 0. The van der Waals surface area contributed by atoms with E-state index in [0.717, 1.165) is 13.0 Å². The van der Waals surface area contributed by atoms with Gasteiger partial charge in [-0.2, -0.15) is 0 Å². The van der Waals surface area contributed by atoms with Gasteiger partial charge in [-0.05, 0) is 46.0 Å². The molecule has 0 saturated carbocycles.